The lowest BCUT2D eigenvalue weighted by Gasteiger charge is -2.54. The van der Waals surface area contributed by atoms with Gasteiger partial charge in [0.1, 0.15) is 11.7 Å². The maximum atomic E-state index is 13.8. The Hall–Kier alpha value is -3.35. The number of amides is 2. The van der Waals surface area contributed by atoms with Gasteiger partial charge in [-0.15, -0.1) is 0 Å². The molecule has 3 aliphatic rings. The number of carbonyl (C=O) groups excluding carboxylic acids is 5. The van der Waals surface area contributed by atoms with Crippen molar-refractivity contribution in [2.75, 3.05) is 20.7 Å². The summed E-state index contributed by atoms with van der Waals surface area (Å²) in [5, 5.41) is 35.8. The van der Waals surface area contributed by atoms with Gasteiger partial charge in [0, 0.05) is 18.5 Å². The van der Waals surface area contributed by atoms with Gasteiger partial charge in [0.05, 0.1) is 24.2 Å². The first-order valence-corrected chi connectivity index (χ1v) is 12.9. The number of hydrogen-bond donors (Lipinski definition) is 5. The number of ketones is 3. The molecule has 0 aliphatic heterocycles. The first-order valence-electron chi connectivity index (χ1n) is 12.9. The summed E-state index contributed by atoms with van der Waals surface area (Å²) in [7, 11) is 3.17. The second-order valence-electron chi connectivity index (χ2n) is 11.4. The molecule has 0 spiro atoms. The number of nitrogens with zero attached hydrogens (tertiary/aromatic N) is 1. The van der Waals surface area contributed by atoms with Crippen molar-refractivity contribution in [2.45, 2.75) is 51.0 Å². The minimum atomic E-state index is -2.71. The molecule has 0 radical (unpaired) electrons. The van der Waals surface area contributed by atoms with Crippen LogP contribution in [0, 0.1) is 29.6 Å². The number of benzene rings is 1. The van der Waals surface area contributed by atoms with E-state index in [1.54, 1.807) is 20.2 Å². The van der Waals surface area contributed by atoms with Crippen LogP contribution in [-0.2, 0) is 32.1 Å². The molecule has 3 unspecified atom stereocenters. The lowest BCUT2D eigenvalue weighted by Crippen LogP contribution is -2.75. The van der Waals surface area contributed by atoms with E-state index in [-0.39, 0.29) is 43.2 Å². The highest BCUT2D eigenvalue weighted by Gasteiger charge is 2.69. The van der Waals surface area contributed by atoms with Gasteiger partial charge in [-0.05, 0) is 56.0 Å². The van der Waals surface area contributed by atoms with Crippen molar-refractivity contribution in [3.05, 3.63) is 28.8 Å². The fourth-order valence-corrected chi connectivity index (χ4v) is 6.51. The smallest absolute Gasteiger partial charge is 0.407 e. The van der Waals surface area contributed by atoms with Gasteiger partial charge in [-0.25, -0.2) is 4.79 Å². The molecule has 39 heavy (non-hydrogen) atoms. The Balaban J connectivity index is 1.72. The van der Waals surface area contributed by atoms with Crippen LogP contribution in [0.4, 0.5) is 4.79 Å². The number of nitrogens with one attached hydrogen (secondary N) is 1. The van der Waals surface area contributed by atoms with Crippen LogP contribution in [0.5, 0.6) is 5.75 Å². The summed E-state index contributed by atoms with van der Waals surface area (Å²) < 4.78 is 5.13. The molecule has 0 aromatic heterocycles. The lowest BCUT2D eigenvalue weighted by molar-refractivity contribution is -0.190. The molecule has 2 amide bonds. The molecular weight excluding hydrogens is 510 g/mol. The number of rotatable bonds is 6. The highest BCUT2D eigenvalue weighted by atomic mass is 16.5. The summed E-state index contributed by atoms with van der Waals surface area (Å²) in [6.45, 7) is 4.02. The fourth-order valence-electron chi connectivity index (χ4n) is 6.51. The Morgan fingerprint density at radius 2 is 1.87 bits per heavy atom. The number of Topliss-reactive ketones (excluding diaryl/α,β-unsaturated/α-hetero) is 3. The van der Waals surface area contributed by atoms with Gasteiger partial charge >= 0.3 is 6.09 Å². The molecule has 12 heteroatoms. The van der Waals surface area contributed by atoms with Gasteiger partial charge in [0.2, 0.25) is 5.91 Å². The number of fused-ring (bicyclic) bond motifs is 3. The number of phenols is 1. The van der Waals surface area contributed by atoms with Gasteiger partial charge in [-0.2, -0.15) is 0 Å². The molecule has 0 saturated heterocycles. The third kappa shape index (κ3) is 4.60. The zero-order chi connectivity index (χ0) is 29.0. The SMILES string of the molecule is CC(C)COC(=O)NCc1ccc(O)c2c1C[C@@H]1C[C@@H]3[C@@H](N(C)C)C(O)C(C(N)=O)C(=O)[C@]3(O)C(=O)C1C2=O. The van der Waals surface area contributed by atoms with Crippen molar-refractivity contribution in [3.8, 4) is 5.75 Å². The highest BCUT2D eigenvalue weighted by molar-refractivity contribution is 6.25. The van der Waals surface area contributed by atoms with Gasteiger partial charge in [-0.1, -0.05) is 19.9 Å². The lowest BCUT2D eigenvalue weighted by atomic mass is 9.52. The highest BCUT2D eigenvalue weighted by Crippen LogP contribution is 2.51. The Kier molecular flexibility index (Phi) is 7.58. The van der Waals surface area contributed by atoms with Crippen LogP contribution in [0.3, 0.4) is 0 Å². The molecule has 0 bridgehead atoms. The number of ether oxygens (including phenoxy) is 1. The number of nitrogens with two attached hydrogens (primary N) is 1. The van der Waals surface area contributed by atoms with Crippen molar-refractivity contribution in [3.63, 3.8) is 0 Å². The molecule has 7 atom stereocenters. The average molecular weight is 546 g/mol. The van der Waals surface area contributed by atoms with Crippen molar-refractivity contribution < 1.29 is 44.0 Å². The summed E-state index contributed by atoms with van der Waals surface area (Å²) in [4.78, 5) is 66.6. The number of aliphatic hydroxyl groups is 2. The maximum absolute atomic E-state index is 13.8. The molecule has 212 valence electrons. The van der Waals surface area contributed by atoms with Crippen molar-refractivity contribution >= 4 is 29.4 Å². The first kappa shape index (κ1) is 28.7. The second kappa shape index (κ2) is 10.3. The van der Waals surface area contributed by atoms with E-state index in [9.17, 15) is 39.3 Å². The molecule has 1 aromatic rings. The number of carbonyl (C=O) groups is 5. The maximum Gasteiger partial charge on any atom is 0.407 e. The second-order valence-corrected chi connectivity index (χ2v) is 11.4. The van der Waals surface area contributed by atoms with Gasteiger partial charge in [-0.3, -0.25) is 19.2 Å². The van der Waals surface area contributed by atoms with E-state index >= 15 is 0 Å². The van der Waals surface area contributed by atoms with Crippen molar-refractivity contribution in [1.82, 2.24) is 10.2 Å². The minimum Gasteiger partial charge on any atom is -0.507 e. The number of alkyl carbamates (subject to hydrolysis) is 1. The molecule has 4 rings (SSSR count). The first-order chi connectivity index (χ1) is 18.2. The third-order valence-corrected chi connectivity index (χ3v) is 8.24. The normalized spacial score (nSPS) is 31.9. The fraction of sp³-hybridized carbons (Fsp3) is 0.593. The number of phenolic OH excluding ortho intramolecular Hbond substituents is 1. The Bertz CT molecular complexity index is 1230. The molecule has 12 nitrogen and oxygen atoms in total. The summed E-state index contributed by atoms with van der Waals surface area (Å²) in [5.41, 5.74) is 3.55. The van der Waals surface area contributed by atoms with Crippen LogP contribution >= 0.6 is 0 Å². The van der Waals surface area contributed by atoms with Crippen molar-refractivity contribution in [2.24, 2.45) is 35.3 Å². The van der Waals surface area contributed by atoms with E-state index in [2.05, 4.69) is 5.32 Å². The van der Waals surface area contributed by atoms with Crippen LogP contribution < -0.4 is 11.1 Å². The predicted octanol–water partition coefficient (Wildman–Crippen LogP) is -0.459. The average Bonchev–Trinajstić information content (AvgIpc) is 2.84. The van der Waals surface area contributed by atoms with Gasteiger partial charge in [0.15, 0.2) is 23.0 Å². The van der Waals surface area contributed by atoms with E-state index in [0.29, 0.717) is 11.1 Å². The topological polar surface area (TPSA) is 197 Å². The number of likely N-dealkylation sites (N-methyl/N-ethyl adjacent to an activating group) is 1. The van der Waals surface area contributed by atoms with Crippen LogP contribution in [0.1, 0.15) is 41.8 Å². The summed E-state index contributed by atoms with van der Waals surface area (Å²) in [6.07, 6.45) is -2.06. The molecule has 3 aliphatic carbocycles. The van der Waals surface area contributed by atoms with Gasteiger partial charge in [0.25, 0.3) is 0 Å². The molecule has 0 heterocycles. The third-order valence-electron chi connectivity index (χ3n) is 8.24. The largest absolute Gasteiger partial charge is 0.507 e. The zero-order valence-electron chi connectivity index (χ0n) is 22.3. The molecule has 2 fully saturated rings. The van der Waals surface area contributed by atoms with E-state index in [1.165, 1.54) is 11.0 Å². The number of aliphatic hydroxyl groups excluding tert-OH is 1. The Morgan fingerprint density at radius 3 is 2.46 bits per heavy atom. The van der Waals surface area contributed by atoms with Crippen LogP contribution in [0.15, 0.2) is 12.1 Å². The number of hydrogen-bond acceptors (Lipinski definition) is 10. The monoisotopic (exact) mass is 545 g/mol. The van der Waals surface area contributed by atoms with E-state index in [0.717, 1.165) is 0 Å². The van der Waals surface area contributed by atoms with E-state index in [4.69, 9.17) is 10.5 Å². The summed E-state index contributed by atoms with van der Waals surface area (Å²) in [5.74, 6) is -9.48. The summed E-state index contributed by atoms with van der Waals surface area (Å²) >= 11 is 0. The predicted molar refractivity (Wildman–Crippen MR) is 135 cm³/mol. The van der Waals surface area contributed by atoms with Crippen LogP contribution in [0.25, 0.3) is 0 Å². The van der Waals surface area contributed by atoms with Gasteiger partial charge < -0.3 is 36.0 Å². The molecular formula is C27H35N3O9. The molecule has 2 saturated carbocycles. The van der Waals surface area contributed by atoms with Crippen LogP contribution in [-0.4, -0.2) is 88.0 Å². The van der Waals surface area contributed by atoms with E-state index < -0.39 is 70.8 Å². The zero-order valence-corrected chi connectivity index (χ0v) is 22.3. The molecule has 6 N–H and O–H groups in total. The van der Waals surface area contributed by atoms with E-state index in [1.807, 2.05) is 13.8 Å². The Morgan fingerprint density at radius 1 is 1.21 bits per heavy atom. The minimum absolute atomic E-state index is 0.00331. The van der Waals surface area contributed by atoms with Crippen molar-refractivity contribution in [1.29, 1.82) is 0 Å². The van der Waals surface area contributed by atoms with Crippen LogP contribution in [0.2, 0.25) is 0 Å². The molecule has 1 aromatic carbocycles. The summed E-state index contributed by atoms with van der Waals surface area (Å²) in [6, 6.07) is 1.87. The quantitative estimate of drug-likeness (QED) is 0.292. The number of aromatic hydroxyl groups is 1. The Labute approximate surface area is 225 Å². The number of primary amides is 1. The standard InChI is InChI=1S/C27H35N3O9/c1-11(2)10-39-26(37)29-9-12-5-6-16(31)18-14(12)7-13-8-15-20(30(3)4)22(33)19(25(28)36)24(35)27(15,38)23(34)17(13)21(18)32/h5-6,11,13,15,17,19-20,22,31,33,38H,7-10H2,1-4H3,(H2,28,36)(H,29,37)/t13-,15-,17?,19?,20-,22?,27-/m1/s1.